The first kappa shape index (κ1) is 18.9. The lowest BCUT2D eigenvalue weighted by Gasteiger charge is -2.19. The molecule has 2 aliphatic rings. The molecule has 2 aliphatic heterocycles. The Morgan fingerprint density at radius 3 is 2.64 bits per heavy atom. The van der Waals surface area contributed by atoms with Crippen LogP contribution in [-0.4, -0.2) is 46.3 Å². The molecule has 2 aromatic rings. The molecular weight excluding hydrogens is 394 g/mol. The Balaban J connectivity index is 1.45. The smallest absolute Gasteiger partial charge is 0.323 e. The number of nitrogens with one attached hydrogen (secondary N) is 2. The van der Waals surface area contributed by atoms with Gasteiger partial charge in [0, 0.05) is 15.5 Å². The van der Waals surface area contributed by atoms with Crippen LogP contribution < -0.4 is 10.6 Å². The highest BCUT2D eigenvalue weighted by atomic mass is 32.2. The molecule has 0 aromatic heterocycles. The summed E-state index contributed by atoms with van der Waals surface area (Å²) in [5.41, 5.74) is -0.178. The molecule has 0 aliphatic carbocycles. The van der Waals surface area contributed by atoms with Crippen LogP contribution in [0.1, 0.15) is 6.42 Å². The van der Waals surface area contributed by atoms with Crippen LogP contribution in [0.3, 0.4) is 0 Å². The monoisotopic (exact) mass is 413 g/mol. The molecule has 2 fully saturated rings. The molecule has 8 heteroatoms. The lowest BCUT2D eigenvalue weighted by Crippen LogP contribution is -2.47. The van der Waals surface area contributed by atoms with E-state index in [2.05, 4.69) is 10.6 Å². The van der Waals surface area contributed by atoms with Crippen molar-refractivity contribution in [2.24, 2.45) is 0 Å². The van der Waals surface area contributed by atoms with Gasteiger partial charge in [0.15, 0.2) is 0 Å². The molecule has 2 N–H and O–H groups in total. The molecule has 144 valence electrons. The first-order valence-corrected chi connectivity index (χ1v) is 10.9. The largest absolute Gasteiger partial charge is 0.325 e. The fourth-order valence-corrected chi connectivity index (χ4v) is 5.51. The molecule has 0 saturated carbocycles. The lowest BCUT2D eigenvalue weighted by molar-refractivity contribution is -0.133. The van der Waals surface area contributed by atoms with Crippen LogP contribution in [0, 0.1) is 0 Å². The molecule has 1 spiro atoms. The van der Waals surface area contributed by atoms with Crippen molar-refractivity contribution in [1.29, 1.82) is 0 Å². The summed E-state index contributed by atoms with van der Waals surface area (Å²) >= 11 is 3.17. The molecule has 2 aromatic carbocycles. The average molecular weight is 414 g/mol. The van der Waals surface area contributed by atoms with E-state index in [1.807, 2.05) is 54.6 Å². The van der Waals surface area contributed by atoms with Crippen LogP contribution in [0.25, 0.3) is 0 Å². The van der Waals surface area contributed by atoms with E-state index in [1.165, 1.54) is 11.8 Å². The first-order chi connectivity index (χ1) is 13.6. The van der Waals surface area contributed by atoms with E-state index in [0.29, 0.717) is 17.9 Å². The van der Waals surface area contributed by atoms with E-state index in [1.54, 1.807) is 11.8 Å². The minimum Gasteiger partial charge on any atom is -0.323 e. The van der Waals surface area contributed by atoms with Gasteiger partial charge in [0.05, 0.1) is 5.69 Å². The standard InChI is InChI=1S/C20H19N3O3S2/c24-17(12-23-18(25)20(22-19(23)26)10-11-27-13-20)21-15-8-4-5-9-16(15)28-14-6-2-1-3-7-14/h1-9H,10-13H2,(H,21,24)(H,22,26). The lowest BCUT2D eigenvalue weighted by atomic mass is 9.99. The Morgan fingerprint density at radius 2 is 1.89 bits per heavy atom. The average Bonchev–Trinajstić information content (AvgIpc) is 3.25. The number of para-hydroxylation sites is 1. The van der Waals surface area contributed by atoms with Crippen molar-refractivity contribution in [3.8, 4) is 0 Å². The molecule has 1 atom stereocenters. The van der Waals surface area contributed by atoms with Crippen molar-refractivity contribution in [1.82, 2.24) is 10.2 Å². The number of anilines is 1. The van der Waals surface area contributed by atoms with Crippen LogP contribution in [-0.2, 0) is 9.59 Å². The number of rotatable bonds is 5. The van der Waals surface area contributed by atoms with E-state index in [9.17, 15) is 14.4 Å². The molecule has 4 rings (SSSR count). The van der Waals surface area contributed by atoms with Crippen molar-refractivity contribution < 1.29 is 14.4 Å². The quantitative estimate of drug-likeness (QED) is 0.736. The molecule has 0 radical (unpaired) electrons. The highest BCUT2D eigenvalue weighted by Crippen LogP contribution is 2.34. The van der Waals surface area contributed by atoms with Gasteiger partial charge in [0.2, 0.25) is 5.91 Å². The summed E-state index contributed by atoms with van der Waals surface area (Å²) in [6.45, 7) is -0.290. The molecule has 0 bridgehead atoms. The van der Waals surface area contributed by atoms with Crippen LogP contribution in [0.15, 0.2) is 64.4 Å². The number of carbonyl (C=O) groups excluding carboxylic acids is 3. The SMILES string of the molecule is O=C(CN1C(=O)NC2(CCSC2)C1=O)Nc1ccccc1Sc1ccccc1. The molecule has 28 heavy (non-hydrogen) atoms. The highest BCUT2D eigenvalue weighted by Gasteiger charge is 2.53. The number of benzene rings is 2. The minimum absolute atomic E-state index is 0.290. The zero-order valence-electron chi connectivity index (χ0n) is 15.0. The van der Waals surface area contributed by atoms with Gasteiger partial charge in [0.1, 0.15) is 12.1 Å². The van der Waals surface area contributed by atoms with Gasteiger partial charge in [-0.25, -0.2) is 4.79 Å². The van der Waals surface area contributed by atoms with Crippen molar-refractivity contribution in [2.45, 2.75) is 21.8 Å². The number of urea groups is 1. The summed E-state index contributed by atoms with van der Waals surface area (Å²) in [6, 6.07) is 16.8. The van der Waals surface area contributed by atoms with Gasteiger partial charge in [-0.15, -0.1) is 0 Å². The Kier molecular flexibility index (Phi) is 5.32. The predicted octanol–water partition coefficient (Wildman–Crippen LogP) is 3.20. The summed E-state index contributed by atoms with van der Waals surface area (Å²) in [6.07, 6.45) is 0.608. The van der Waals surface area contributed by atoms with Gasteiger partial charge in [-0.2, -0.15) is 11.8 Å². The Bertz CT molecular complexity index is 914. The van der Waals surface area contributed by atoms with Gasteiger partial charge in [-0.1, -0.05) is 42.1 Å². The predicted molar refractivity (Wildman–Crippen MR) is 111 cm³/mol. The number of imide groups is 1. The second-order valence-corrected chi connectivity index (χ2v) is 8.89. The van der Waals surface area contributed by atoms with Gasteiger partial charge in [-0.3, -0.25) is 14.5 Å². The number of amides is 4. The topological polar surface area (TPSA) is 78.5 Å². The van der Waals surface area contributed by atoms with Crippen LogP contribution in [0.5, 0.6) is 0 Å². The molecule has 6 nitrogen and oxygen atoms in total. The van der Waals surface area contributed by atoms with E-state index in [4.69, 9.17) is 0 Å². The van der Waals surface area contributed by atoms with E-state index >= 15 is 0 Å². The fourth-order valence-electron chi connectivity index (χ4n) is 3.26. The van der Waals surface area contributed by atoms with Crippen molar-refractivity contribution >= 4 is 47.1 Å². The third-order valence-corrected chi connectivity index (χ3v) is 6.97. The van der Waals surface area contributed by atoms with E-state index < -0.39 is 17.5 Å². The highest BCUT2D eigenvalue weighted by molar-refractivity contribution is 7.99. The summed E-state index contributed by atoms with van der Waals surface area (Å²) in [5, 5.41) is 5.61. The van der Waals surface area contributed by atoms with Gasteiger partial charge < -0.3 is 10.6 Å². The third kappa shape index (κ3) is 3.74. The maximum atomic E-state index is 12.7. The van der Waals surface area contributed by atoms with E-state index in [0.717, 1.165) is 20.4 Å². The molecule has 2 saturated heterocycles. The first-order valence-electron chi connectivity index (χ1n) is 8.91. The second kappa shape index (κ2) is 7.89. The van der Waals surface area contributed by atoms with Crippen molar-refractivity contribution in [3.05, 3.63) is 54.6 Å². The summed E-state index contributed by atoms with van der Waals surface area (Å²) < 4.78 is 0. The zero-order chi connectivity index (χ0) is 19.6. The van der Waals surface area contributed by atoms with Gasteiger partial charge in [0.25, 0.3) is 5.91 Å². The van der Waals surface area contributed by atoms with Gasteiger partial charge in [-0.05, 0) is 36.4 Å². The summed E-state index contributed by atoms with van der Waals surface area (Å²) in [7, 11) is 0. The Labute approximate surface area is 171 Å². The Hall–Kier alpha value is -2.45. The maximum Gasteiger partial charge on any atom is 0.325 e. The maximum absolute atomic E-state index is 12.7. The van der Waals surface area contributed by atoms with Gasteiger partial charge >= 0.3 is 6.03 Å². The van der Waals surface area contributed by atoms with Crippen LogP contribution in [0.4, 0.5) is 10.5 Å². The molecule has 1 unspecified atom stereocenters. The normalized spacial score (nSPS) is 21.2. The van der Waals surface area contributed by atoms with Crippen molar-refractivity contribution in [2.75, 3.05) is 23.4 Å². The minimum atomic E-state index is -0.830. The number of hydrogen-bond acceptors (Lipinski definition) is 5. The fraction of sp³-hybridized carbons (Fsp3) is 0.250. The van der Waals surface area contributed by atoms with Crippen LogP contribution >= 0.6 is 23.5 Å². The number of thioether (sulfide) groups is 1. The third-order valence-electron chi connectivity index (χ3n) is 4.70. The van der Waals surface area contributed by atoms with Crippen molar-refractivity contribution in [3.63, 3.8) is 0 Å². The summed E-state index contributed by atoms with van der Waals surface area (Å²) in [5.74, 6) is 0.694. The number of nitrogens with zero attached hydrogens (tertiary/aromatic N) is 1. The molecular formula is C20H19N3O3S2. The number of hydrogen-bond donors (Lipinski definition) is 2. The second-order valence-electron chi connectivity index (χ2n) is 6.67. The van der Waals surface area contributed by atoms with E-state index in [-0.39, 0.29) is 12.5 Å². The number of carbonyl (C=O) groups is 3. The Morgan fingerprint density at radius 1 is 1.14 bits per heavy atom. The van der Waals surface area contributed by atoms with Crippen LogP contribution in [0.2, 0.25) is 0 Å². The zero-order valence-corrected chi connectivity index (χ0v) is 16.6. The molecule has 2 heterocycles. The molecule has 4 amide bonds. The summed E-state index contributed by atoms with van der Waals surface area (Å²) in [4.78, 5) is 40.5.